The maximum Gasteiger partial charge on any atom is 0.243 e. The van der Waals surface area contributed by atoms with E-state index < -0.39 is 15.4 Å². The number of sulfonamides is 1. The molecule has 1 unspecified atom stereocenters. The second-order valence-electron chi connectivity index (χ2n) is 8.60. The van der Waals surface area contributed by atoms with E-state index in [1.54, 1.807) is 37.8 Å². The van der Waals surface area contributed by atoms with Crippen LogP contribution in [0.4, 0.5) is 0 Å². The molecule has 162 valence electrons. The minimum absolute atomic E-state index is 0.0695. The smallest absolute Gasteiger partial charge is 0.243 e. The van der Waals surface area contributed by atoms with Crippen molar-refractivity contribution in [1.82, 2.24) is 14.5 Å². The van der Waals surface area contributed by atoms with Gasteiger partial charge in [-0.2, -0.15) is 4.31 Å². The molecule has 0 bridgehead atoms. The Hall–Kier alpha value is -1.93. The Kier molecular flexibility index (Phi) is 7.45. The first kappa shape index (κ1) is 23.3. The highest BCUT2D eigenvalue weighted by atomic mass is 32.2. The number of nitrogens with zero attached hydrogens (tertiary/aromatic N) is 2. The molecule has 8 heteroatoms. The molecule has 0 saturated carbocycles. The van der Waals surface area contributed by atoms with Crippen LogP contribution in [0.3, 0.4) is 0 Å². The van der Waals surface area contributed by atoms with Crippen molar-refractivity contribution in [2.75, 3.05) is 32.7 Å². The molecule has 1 aliphatic rings. The zero-order chi connectivity index (χ0) is 21.8. The number of hydrogen-bond acceptors (Lipinski definition) is 4. The van der Waals surface area contributed by atoms with E-state index in [0.29, 0.717) is 19.0 Å². The normalized spacial score (nSPS) is 17.1. The van der Waals surface area contributed by atoms with Gasteiger partial charge >= 0.3 is 0 Å². The van der Waals surface area contributed by atoms with Gasteiger partial charge in [0.15, 0.2) is 0 Å². The van der Waals surface area contributed by atoms with Gasteiger partial charge < -0.3 is 10.2 Å². The number of hydrogen-bond donors (Lipinski definition) is 1. The number of amides is 2. The van der Waals surface area contributed by atoms with Crippen LogP contribution in [-0.2, 0) is 19.6 Å². The molecular weight excluding hydrogens is 390 g/mol. The summed E-state index contributed by atoms with van der Waals surface area (Å²) in [7, 11) is -3.58. The maximum absolute atomic E-state index is 12.9. The summed E-state index contributed by atoms with van der Waals surface area (Å²) in [4.78, 5) is 26.1. The SMILES string of the molecule is CCC(C)c1ccc(S(=O)(=O)N2CCN(C(=O)CNC(=O)C(C)(C)C)CC2)cc1. The van der Waals surface area contributed by atoms with Crippen LogP contribution in [0, 0.1) is 5.41 Å². The summed E-state index contributed by atoms with van der Waals surface area (Å²) in [6, 6.07) is 7.07. The van der Waals surface area contributed by atoms with Gasteiger partial charge in [0.2, 0.25) is 21.8 Å². The summed E-state index contributed by atoms with van der Waals surface area (Å²) in [5.74, 6) is 0.00513. The van der Waals surface area contributed by atoms with Crippen molar-refractivity contribution in [2.45, 2.75) is 51.9 Å². The van der Waals surface area contributed by atoms with E-state index in [2.05, 4.69) is 19.2 Å². The first-order chi connectivity index (χ1) is 13.5. The molecule has 1 saturated heterocycles. The molecular formula is C21H33N3O4S. The van der Waals surface area contributed by atoms with Gasteiger partial charge in [-0.15, -0.1) is 0 Å². The van der Waals surface area contributed by atoms with Gasteiger partial charge in [0.1, 0.15) is 0 Å². The first-order valence-corrected chi connectivity index (χ1v) is 11.6. The lowest BCUT2D eigenvalue weighted by Crippen LogP contribution is -2.53. The standard InChI is InChI=1S/C21H33N3O4S/c1-6-16(2)17-7-9-18(10-8-17)29(27,28)24-13-11-23(12-14-24)19(25)15-22-20(26)21(3,4)5/h7-10,16H,6,11-15H2,1-5H3,(H,22,26). The Morgan fingerprint density at radius 2 is 1.62 bits per heavy atom. The van der Waals surface area contributed by atoms with Gasteiger partial charge in [-0.1, -0.05) is 46.8 Å². The average molecular weight is 424 g/mol. The highest BCUT2D eigenvalue weighted by Crippen LogP contribution is 2.23. The Morgan fingerprint density at radius 3 is 2.10 bits per heavy atom. The second kappa shape index (κ2) is 9.26. The lowest BCUT2D eigenvalue weighted by atomic mass is 9.96. The average Bonchev–Trinajstić information content (AvgIpc) is 2.70. The van der Waals surface area contributed by atoms with Crippen molar-refractivity contribution >= 4 is 21.8 Å². The summed E-state index contributed by atoms with van der Waals surface area (Å²) >= 11 is 0. The monoisotopic (exact) mass is 423 g/mol. The summed E-state index contributed by atoms with van der Waals surface area (Å²) < 4.78 is 27.2. The highest BCUT2D eigenvalue weighted by molar-refractivity contribution is 7.89. The largest absolute Gasteiger partial charge is 0.347 e. The summed E-state index contributed by atoms with van der Waals surface area (Å²) in [6.07, 6.45) is 0.998. The van der Waals surface area contributed by atoms with Crippen LogP contribution < -0.4 is 5.32 Å². The molecule has 0 aliphatic carbocycles. The fourth-order valence-electron chi connectivity index (χ4n) is 3.06. The molecule has 0 aromatic heterocycles. The molecule has 29 heavy (non-hydrogen) atoms. The van der Waals surface area contributed by atoms with E-state index in [1.165, 1.54) is 4.31 Å². The van der Waals surface area contributed by atoms with E-state index in [9.17, 15) is 18.0 Å². The molecule has 0 radical (unpaired) electrons. The van der Waals surface area contributed by atoms with Gasteiger partial charge in [-0.05, 0) is 30.0 Å². The number of nitrogens with one attached hydrogen (secondary N) is 1. The number of carbonyl (C=O) groups excluding carboxylic acids is 2. The van der Waals surface area contributed by atoms with Crippen LogP contribution in [0.25, 0.3) is 0 Å². The molecule has 1 fully saturated rings. The van der Waals surface area contributed by atoms with Crippen LogP contribution in [-0.4, -0.2) is 62.2 Å². The first-order valence-electron chi connectivity index (χ1n) is 10.1. The van der Waals surface area contributed by atoms with E-state index in [4.69, 9.17) is 0 Å². The van der Waals surface area contributed by atoms with Crippen LogP contribution in [0.15, 0.2) is 29.2 Å². The van der Waals surface area contributed by atoms with Crippen molar-refractivity contribution in [3.05, 3.63) is 29.8 Å². The lowest BCUT2D eigenvalue weighted by molar-refractivity contribution is -0.135. The predicted molar refractivity (Wildman–Crippen MR) is 113 cm³/mol. The van der Waals surface area contributed by atoms with Crippen molar-refractivity contribution in [3.63, 3.8) is 0 Å². The number of piperazine rings is 1. The zero-order valence-corrected chi connectivity index (χ0v) is 18.9. The Balaban J connectivity index is 1.94. The van der Waals surface area contributed by atoms with Gasteiger partial charge in [0.25, 0.3) is 0 Å². The number of benzene rings is 1. The van der Waals surface area contributed by atoms with Crippen LogP contribution in [0.2, 0.25) is 0 Å². The minimum atomic E-state index is -3.58. The van der Waals surface area contributed by atoms with Crippen LogP contribution in [0.5, 0.6) is 0 Å². The topological polar surface area (TPSA) is 86.8 Å². The van der Waals surface area contributed by atoms with E-state index in [-0.39, 0.29) is 36.3 Å². The van der Waals surface area contributed by atoms with Gasteiger partial charge in [-0.3, -0.25) is 9.59 Å². The molecule has 1 aliphatic heterocycles. The highest BCUT2D eigenvalue weighted by Gasteiger charge is 2.30. The molecule has 0 spiro atoms. The minimum Gasteiger partial charge on any atom is -0.347 e. The Bertz CT molecular complexity index is 820. The zero-order valence-electron chi connectivity index (χ0n) is 18.1. The second-order valence-corrected chi connectivity index (χ2v) is 10.5. The molecule has 1 aromatic carbocycles. The summed E-state index contributed by atoms with van der Waals surface area (Å²) in [5, 5.41) is 2.64. The van der Waals surface area contributed by atoms with Crippen molar-refractivity contribution in [3.8, 4) is 0 Å². The molecule has 7 nitrogen and oxygen atoms in total. The van der Waals surface area contributed by atoms with Gasteiger partial charge in [-0.25, -0.2) is 8.42 Å². The third kappa shape index (κ3) is 5.79. The quantitative estimate of drug-likeness (QED) is 0.760. The van der Waals surface area contributed by atoms with Gasteiger partial charge in [0.05, 0.1) is 11.4 Å². The molecule has 1 aromatic rings. The molecule has 1 N–H and O–H groups in total. The molecule has 2 rings (SSSR count). The molecule has 1 atom stereocenters. The Labute approximate surface area is 174 Å². The third-order valence-corrected chi connectivity index (χ3v) is 7.28. The van der Waals surface area contributed by atoms with Crippen LogP contribution >= 0.6 is 0 Å². The van der Waals surface area contributed by atoms with Crippen LogP contribution in [0.1, 0.15) is 52.5 Å². The Morgan fingerprint density at radius 1 is 1.07 bits per heavy atom. The van der Waals surface area contributed by atoms with Crippen molar-refractivity contribution in [1.29, 1.82) is 0 Å². The predicted octanol–water partition coefficient (Wildman–Crippen LogP) is 2.20. The third-order valence-electron chi connectivity index (χ3n) is 5.37. The van der Waals surface area contributed by atoms with E-state index in [1.807, 2.05) is 12.1 Å². The fourth-order valence-corrected chi connectivity index (χ4v) is 4.49. The van der Waals surface area contributed by atoms with Crippen molar-refractivity contribution < 1.29 is 18.0 Å². The molecule has 2 amide bonds. The van der Waals surface area contributed by atoms with Gasteiger partial charge in [0, 0.05) is 31.6 Å². The maximum atomic E-state index is 12.9. The number of carbonyl (C=O) groups is 2. The van der Waals surface area contributed by atoms with E-state index in [0.717, 1.165) is 12.0 Å². The number of rotatable bonds is 6. The van der Waals surface area contributed by atoms with Crippen molar-refractivity contribution in [2.24, 2.45) is 5.41 Å². The fraction of sp³-hybridized carbons (Fsp3) is 0.619. The summed E-state index contributed by atoms with van der Waals surface area (Å²) in [6.45, 7) is 10.6. The molecule has 1 heterocycles. The van der Waals surface area contributed by atoms with E-state index >= 15 is 0 Å². The lowest BCUT2D eigenvalue weighted by Gasteiger charge is -2.34. The summed E-state index contributed by atoms with van der Waals surface area (Å²) in [5.41, 5.74) is 0.566.